The molecule has 3 nitrogen and oxygen atoms in total. The third kappa shape index (κ3) is 4.28. The van der Waals surface area contributed by atoms with Crippen molar-refractivity contribution >= 4 is 41.4 Å². The number of benzene rings is 1. The summed E-state index contributed by atoms with van der Waals surface area (Å²) in [5.74, 6) is 0. The van der Waals surface area contributed by atoms with Crippen molar-refractivity contribution in [3.63, 3.8) is 0 Å². The first-order chi connectivity index (χ1) is 10.1. The van der Waals surface area contributed by atoms with Crippen molar-refractivity contribution in [2.75, 3.05) is 0 Å². The first-order valence-corrected chi connectivity index (χ1v) is 7.99. The molecule has 0 saturated heterocycles. The zero-order valence-corrected chi connectivity index (χ0v) is 13.8. The Morgan fingerprint density at radius 2 is 1.71 bits per heavy atom. The number of nitrogens with zero attached hydrogens (tertiary/aromatic N) is 3. The van der Waals surface area contributed by atoms with Gasteiger partial charge >= 0.3 is 0 Å². The van der Waals surface area contributed by atoms with E-state index < -0.39 is 0 Å². The smallest absolute Gasteiger partial charge is 0.157 e. The molecule has 2 aromatic rings. The minimum absolute atomic E-state index is 0.876. The predicted molar refractivity (Wildman–Crippen MR) is 93.0 cm³/mol. The van der Waals surface area contributed by atoms with Gasteiger partial charge < -0.3 is 0 Å². The van der Waals surface area contributed by atoms with Crippen LogP contribution < -0.4 is 0 Å². The van der Waals surface area contributed by atoms with Crippen molar-refractivity contribution in [1.29, 1.82) is 5.26 Å². The van der Waals surface area contributed by atoms with Gasteiger partial charge in [0.15, 0.2) is 5.40 Å². The van der Waals surface area contributed by atoms with Crippen molar-refractivity contribution in [1.82, 2.24) is 0 Å². The van der Waals surface area contributed by atoms with Gasteiger partial charge in [-0.3, -0.25) is 4.99 Å². The van der Waals surface area contributed by atoms with Gasteiger partial charge in [-0.1, -0.05) is 17.7 Å². The Bertz CT molecular complexity index is 713. The summed E-state index contributed by atoms with van der Waals surface area (Å²) in [6, 6.07) is 8.27. The van der Waals surface area contributed by atoms with Crippen LogP contribution in [0.4, 0.5) is 5.69 Å². The summed E-state index contributed by atoms with van der Waals surface area (Å²) in [4.78, 5) is 6.69. The Hall–Kier alpha value is -1.90. The number of nitriles is 1. The molecule has 0 radical (unpaired) electrons. The lowest BCUT2D eigenvalue weighted by Crippen LogP contribution is -1.84. The normalized spacial score (nSPS) is 11.3. The van der Waals surface area contributed by atoms with E-state index in [-0.39, 0.29) is 0 Å². The second-order valence-electron chi connectivity index (χ2n) is 4.66. The number of hydrogen-bond donors (Lipinski definition) is 0. The van der Waals surface area contributed by atoms with E-state index in [0.29, 0.717) is 0 Å². The summed E-state index contributed by atoms with van der Waals surface area (Å²) < 4.78 is 3.93. The summed E-state index contributed by atoms with van der Waals surface area (Å²) >= 11 is 2.47. The maximum Gasteiger partial charge on any atom is 0.157 e. The molecule has 0 bridgehead atoms. The third-order valence-electron chi connectivity index (χ3n) is 2.88. The minimum atomic E-state index is 0.876. The number of hydrogen-bond acceptors (Lipinski definition) is 5. The summed E-state index contributed by atoms with van der Waals surface area (Å²) in [5.41, 5.74) is 4.66. The van der Waals surface area contributed by atoms with Crippen LogP contribution in [0.5, 0.6) is 0 Å². The molecule has 0 amide bonds. The van der Waals surface area contributed by atoms with Crippen LogP contribution in [0.3, 0.4) is 0 Å². The van der Waals surface area contributed by atoms with Crippen molar-refractivity contribution in [3.05, 3.63) is 50.7 Å². The van der Waals surface area contributed by atoms with Crippen molar-refractivity contribution < 1.29 is 0 Å². The summed E-state index contributed by atoms with van der Waals surface area (Å²) in [7, 11) is 0. The van der Waals surface area contributed by atoms with Gasteiger partial charge in [0, 0.05) is 16.0 Å². The second kappa shape index (κ2) is 7.21. The highest BCUT2D eigenvalue weighted by Crippen LogP contribution is 2.25. The second-order valence-corrected chi connectivity index (χ2v) is 6.39. The first kappa shape index (κ1) is 15.5. The monoisotopic (exact) mass is 313 g/mol. The van der Waals surface area contributed by atoms with Crippen LogP contribution in [0, 0.1) is 31.4 Å². The largest absolute Gasteiger partial charge is 0.255 e. The van der Waals surface area contributed by atoms with Crippen molar-refractivity contribution in [3.8, 4) is 5.40 Å². The minimum Gasteiger partial charge on any atom is -0.255 e. The number of thiocyanates is 1. The fourth-order valence-corrected chi connectivity index (χ4v) is 3.15. The van der Waals surface area contributed by atoms with Crippen LogP contribution in [0.15, 0.2) is 33.7 Å². The number of aliphatic imine (C=N–C) groups is 1. The van der Waals surface area contributed by atoms with Gasteiger partial charge in [-0.05, 0) is 44.0 Å². The zero-order valence-electron chi connectivity index (χ0n) is 12.1. The van der Waals surface area contributed by atoms with Crippen LogP contribution in [-0.2, 0) is 0 Å². The maximum atomic E-state index is 8.41. The molecule has 0 fully saturated rings. The third-order valence-corrected chi connectivity index (χ3v) is 4.12. The van der Waals surface area contributed by atoms with Gasteiger partial charge in [-0.15, -0.1) is 11.3 Å². The van der Waals surface area contributed by atoms with E-state index in [1.807, 2.05) is 23.7 Å². The van der Waals surface area contributed by atoms with Crippen LogP contribution >= 0.6 is 23.3 Å². The van der Waals surface area contributed by atoms with E-state index >= 15 is 0 Å². The molecule has 0 spiro atoms. The highest BCUT2D eigenvalue weighted by atomic mass is 32.2. The van der Waals surface area contributed by atoms with Crippen LogP contribution in [0.2, 0.25) is 0 Å². The van der Waals surface area contributed by atoms with Gasteiger partial charge in [0.25, 0.3) is 0 Å². The Balaban J connectivity index is 2.17. The van der Waals surface area contributed by atoms with Gasteiger partial charge in [-0.2, -0.15) is 5.26 Å². The average Bonchev–Trinajstić information content (AvgIpc) is 2.86. The summed E-state index contributed by atoms with van der Waals surface area (Å²) in [5, 5.41) is 10.3. The molecule has 0 aliphatic rings. The standard InChI is InChI=1S/C16H15N3S2/c1-11-6-12(2)16(13(3)7-11)18-8-14-4-5-15(21-14)9-19-20-10-17/h4-9H,1-3H3/b18-8?,19-9+. The van der Waals surface area contributed by atoms with E-state index in [4.69, 9.17) is 5.26 Å². The molecule has 1 aromatic heterocycles. The molecule has 0 aliphatic carbocycles. The van der Waals surface area contributed by atoms with Crippen LogP contribution in [-0.4, -0.2) is 12.4 Å². The molecule has 0 atom stereocenters. The highest BCUT2D eigenvalue weighted by molar-refractivity contribution is 8.02. The van der Waals surface area contributed by atoms with E-state index in [1.54, 1.807) is 17.6 Å². The fraction of sp³-hybridized carbons (Fsp3) is 0.188. The molecule has 0 saturated carbocycles. The quantitative estimate of drug-likeness (QED) is 0.454. The molecule has 5 heteroatoms. The lowest BCUT2D eigenvalue weighted by molar-refractivity contribution is 1.29. The number of rotatable bonds is 4. The Kier molecular flexibility index (Phi) is 5.32. The van der Waals surface area contributed by atoms with Crippen LogP contribution in [0.25, 0.3) is 0 Å². The first-order valence-electron chi connectivity index (χ1n) is 6.40. The van der Waals surface area contributed by atoms with Gasteiger partial charge in [-0.25, -0.2) is 4.40 Å². The number of thiophene rings is 1. The molecular formula is C16H15N3S2. The average molecular weight is 313 g/mol. The molecule has 2 rings (SSSR count). The highest BCUT2D eigenvalue weighted by Gasteiger charge is 2.02. The molecule has 0 unspecified atom stereocenters. The molecule has 1 aromatic carbocycles. The maximum absolute atomic E-state index is 8.41. The van der Waals surface area contributed by atoms with E-state index in [1.165, 1.54) is 16.7 Å². The van der Waals surface area contributed by atoms with Crippen LogP contribution in [0.1, 0.15) is 26.4 Å². The topological polar surface area (TPSA) is 48.5 Å². The molecule has 0 N–H and O–H groups in total. The molecule has 0 aliphatic heterocycles. The molecule has 1 heterocycles. The molecule has 21 heavy (non-hydrogen) atoms. The van der Waals surface area contributed by atoms with Gasteiger partial charge in [0.05, 0.1) is 23.8 Å². The Labute approximate surface area is 133 Å². The summed E-state index contributed by atoms with van der Waals surface area (Å²) in [6.07, 6.45) is 3.57. The number of aryl methyl sites for hydroxylation is 3. The van der Waals surface area contributed by atoms with Crippen molar-refractivity contribution in [2.24, 2.45) is 9.39 Å². The lowest BCUT2D eigenvalue weighted by Gasteiger charge is -2.05. The fourth-order valence-electron chi connectivity index (χ4n) is 2.11. The lowest BCUT2D eigenvalue weighted by atomic mass is 10.1. The SMILES string of the molecule is Cc1cc(C)c(N=Cc2ccc(/C=N/SC#N)s2)c(C)c1. The Morgan fingerprint density at radius 1 is 1.10 bits per heavy atom. The van der Waals surface area contributed by atoms with Gasteiger partial charge in [0.2, 0.25) is 0 Å². The van der Waals surface area contributed by atoms with E-state index in [9.17, 15) is 0 Å². The summed E-state index contributed by atoms with van der Waals surface area (Å²) in [6.45, 7) is 6.26. The predicted octanol–water partition coefficient (Wildman–Crippen LogP) is 4.97. The molecule has 106 valence electrons. The molecular weight excluding hydrogens is 298 g/mol. The van der Waals surface area contributed by atoms with E-state index in [2.05, 4.69) is 42.3 Å². The van der Waals surface area contributed by atoms with Gasteiger partial charge in [0.1, 0.15) is 0 Å². The Morgan fingerprint density at radius 3 is 2.33 bits per heavy atom. The van der Waals surface area contributed by atoms with Crippen molar-refractivity contribution in [2.45, 2.75) is 20.8 Å². The van der Waals surface area contributed by atoms with E-state index in [0.717, 1.165) is 27.4 Å². The zero-order chi connectivity index (χ0) is 15.2.